The summed E-state index contributed by atoms with van der Waals surface area (Å²) in [4.78, 5) is 44.5. The van der Waals surface area contributed by atoms with Crippen molar-refractivity contribution in [1.82, 2.24) is 14.8 Å². The number of amides is 3. The molecule has 0 saturated carbocycles. The zero-order chi connectivity index (χ0) is 17.6. The van der Waals surface area contributed by atoms with Crippen molar-refractivity contribution in [2.45, 2.75) is 12.5 Å². The van der Waals surface area contributed by atoms with Gasteiger partial charge in [-0.05, 0) is 42.8 Å². The number of benzene rings is 1. The zero-order valence-corrected chi connectivity index (χ0v) is 13.9. The van der Waals surface area contributed by atoms with Gasteiger partial charge in [0.2, 0.25) is 0 Å². The Kier molecular flexibility index (Phi) is 3.77. The lowest BCUT2D eigenvalue weighted by Crippen LogP contribution is -2.42. The molecule has 1 fully saturated rings. The first kappa shape index (κ1) is 15.8. The van der Waals surface area contributed by atoms with Crippen LogP contribution in [0.25, 0.3) is 0 Å². The van der Waals surface area contributed by atoms with Crippen molar-refractivity contribution in [2.75, 3.05) is 13.1 Å². The lowest BCUT2D eigenvalue weighted by Gasteiger charge is -2.22. The first-order valence-corrected chi connectivity index (χ1v) is 8.32. The van der Waals surface area contributed by atoms with Gasteiger partial charge in [-0.3, -0.25) is 24.3 Å². The average Bonchev–Trinajstić information content (AvgIpc) is 3.19. The van der Waals surface area contributed by atoms with Gasteiger partial charge in [-0.25, -0.2) is 0 Å². The highest BCUT2D eigenvalue weighted by atomic mass is 35.5. The van der Waals surface area contributed by atoms with Crippen LogP contribution in [0.4, 0.5) is 0 Å². The summed E-state index contributed by atoms with van der Waals surface area (Å²) in [6, 6.07) is 9.59. The number of rotatable bonds is 2. The number of carbonyl (C=O) groups is 3. The largest absolute Gasteiger partial charge is 0.336 e. The molecule has 7 heteroatoms. The summed E-state index contributed by atoms with van der Waals surface area (Å²) in [5, 5.41) is 0.564. The molecule has 0 N–H and O–H groups in total. The Balaban J connectivity index is 1.52. The summed E-state index contributed by atoms with van der Waals surface area (Å²) >= 11 is 5.85. The topological polar surface area (TPSA) is 70.6 Å². The third kappa shape index (κ3) is 2.59. The Morgan fingerprint density at radius 2 is 1.88 bits per heavy atom. The fourth-order valence-electron chi connectivity index (χ4n) is 3.33. The van der Waals surface area contributed by atoms with E-state index in [1.807, 2.05) is 0 Å². The van der Waals surface area contributed by atoms with Crippen LogP contribution in [0.3, 0.4) is 0 Å². The second kappa shape index (κ2) is 5.97. The number of pyridine rings is 1. The summed E-state index contributed by atoms with van der Waals surface area (Å²) < 4.78 is 0. The van der Waals surface area contributed by atoms with Crippen LogP contribution in [0, 0.1) is 0 Å². The number of aromatic nitrogens is 1. The number of likely N-dealkylation sites (tertiary alicyclic amines) is 1. The van der Waals surface area contributed by atoms with E-state index in [0.29, 0.717) is 35.7 Å². The SMILES string of the molecule is O=C(c1ccc(Cl)cc1)N1CCC(N2C(=O)c3cccnc3C2=O)C1. The molecule has 3 heterocycles. The van der Waals surface area contributed by atoms with E-state index >= 15 is 0 Å². The standard InChI is InChI=1S/C18H14ClN3O3/c19-12-5-3-11(4-6-12)16(23)21-9-7-13(10-21)22-17(24)14-2-1-8-20-15(14)18(22)25/h1-6,8,13H,7,9-10H2. The van der Waals surface area contributed by atoms with E-state index in [2.05, 4.69) is 4.98 Å². The maximum absolute atomic E-state index is 12.6. The minimum atomic E-state index is -0.383. The van der Waals surface area contributed by atoms with Gasteiger partial charge in [0.25, 0.3) is 17.7 Å². The normalized spacial score (nSPS) is 19.5. The van der Waals surface area contributed by atoms with Crippen LogP contribution in [-0.4, -0.2) is 51.6 Å². The Morgan fingerprint density at radius 3 is 2.60 bits per heavy atom. The van der Waals surface area contributed by atoms with Crippen molar-refractivity contribution in [3.8, 4) is 0 Å². The molecule has 2 aromatic rings. The molecule has 4 rings (SSSR count). The zero-order valence-electron chi connectivity index (χ0n) is 13.2. The van der Waals surface area contributed by atoms with Crippen molar-refractivity contribution in [3.05, 3.63) is 64.4 Å². The van der Waals surface area contributed by atoms with Gasteiger partial charge >= 0.3 is 0 Å². The molecule has 0 radical (unpaired) electrons. The van der Waals surface area contributed by atoms with Gasteiger partial charge in [-0.2, -0.15) is 0 Å². The molecule has 2 aliphatic rings. The Morgan fingerprint density at radius 1 is 1.12 bits per heavy atom. The first-order valence-electron chi connectivity index (χ1n) is 7.94. The Labute approximate surface area is 149 Å². The minimum absolute atomic E-state index is 0.131. The number of fused-ring (bicyclic) bond motifs is 1. The molecule has 0 bridgehead atoms. The van der Waals surface area contributed by atoms with Crippen LogP contribution in [0.2, 0.25) is 5.02 Å². The fourth-order valence-corrected chi connectivity index (χ4v) is 3.45. The Hall–Kier alpha value is -2.73. The number of hydrogen-bond acceptors (Lipinski definition) is 4. The summed E-state index contributed by atoms with van der Waals surface area (Å²) in [5.74, 6) is -0.848. The molecule has 1 saturated heterocycles. The van der Waals surface area contributed by atoms with Crippen molar-refractivity contribution < 1.29 is 14.4 Å². The van der Waals surface area contributed by atoms with Crippen LogP contribution in [0.5, 0.6) is 0 Å². The van der Waals surface area contributed by atoms with E-state index in [4.69, 9.17) is 11.6 Å². The smallest absolute Gasteiger partial charge is 0.280 e. The molecule has 0 aliphatic carbocycles. The molecule has 25 heavy (non-hydrogen) atoms. The molecule has 0 spiro atoms. The number of imide groups is 1. The van der Waals surface area contributed by atoms with Crippen molar-refractivity contribution >= 4 is 29.3 Å². The van der Waals surface area contributed by atoms with E-state index in [-0.39, 0.29) is 29.5 Å². The molecular weight excluding hydrogens is 342 g/mol. The number of carbonyl (C=O) groups excluding carboxylic acids is 3. The van der Waals surface area contributed by atoms with Gasteiger partial charge in [0.15, 0.2) is 0 Å². The van der Waals surface area contributed by atoms with E-state index in [0.717, 1.165) is 0 Å². The molecule has 1 unspecified atom stereocenters. The van der Waals surface area contributed by atoms with Gasteiger partial charge in [-0.1, -0.05) is 11.6 Å². The third-order valence-corrected chi connectivity index (χ3v) is 4.84. The van der Waals surface area contributed by atoms with E-state index in [9.17, 15) is 14.4 Å². The lowest BCUT2D eigenvalue weighted by atomic mass is 10.2. The second-order valence-electron chi connectivity index (χ2n) is 6.08. The number of hydrogen-bond donors (Lipinski definition) is 0. The van der Waals surface area contributed by atoms with Gasteiger partial charge in [0, 0.05) is 29.9 Å². The molecule has 3 amide bonds. The molecule has 126 valence electrons. The van der Waals surface area contributed by atoms with Gasteiger partial charge in [0.05, 0.1) is 11.6 Å². The quantitative estimate of drug-likeness (QED) is 0.775. The van der Waals surface area contributed by atoms with Crippen molar-refractivity contribution in [3.63, 3.8) is 0 Å². The summed E-state index contributed by atoms with van der Waals surface area (Å²) in [6.07, 6.45) is 2.06. The first-order chi connectivity index (χ1) is 12.1. The summed E-state index contributed by atoms with van der Waals surface area (Å²) in [7, 11) is 0. The van der Waals surface area contributed by atoms with E-state index in [1.54, 1.807) is 41.3 Å². The highest BCUT2D eigenvalue weighted by molar-refractivity contribution is 6.30. The third-order valence-electron chi connectivity index (χ3n) is 4.59. The van der Waals surface area contributed by atoms with Crippen LogP contribution in [-0.2, 0) is 0 Å². The molecule has 1 aromatic carbocycles. The fraction of sp³-hybridized carbons (Fsp3) is 0.222. The van der Waals surface area contributed by atoms with E-state index < -0.39 is 0 Å². The Bertz CT molecular complexity index is 846. The van der Waals surface area contributed by atoms with Crippen LogP contribution >= 0.6 is 11.6 Å². The molecular formula is C18H14ClN3O3. The minimum Gasteiger partial charge on any atom is -0.336 e. The van der Waals surface area contributed by atoms with Crippen molar-refractivity contribution in [1.29, 1.82) is 0 Å². The average molecular weight is 356 g/mol. The summed E-state index contributed by atoms with van der Waals surface area (Å²) in [6.45, 7) is 0.819. The highest BCUT2D eigenvalue weighted by Gasteiger charge is 2.43. The van der Waals surface area contributed by atoms with Crippen LogP contribution < -0.4 is 0 Å². The monoisotopic (exact) mass is 355 g/mol. The molecule has 2 aliphatic heterocycles. The summed E-state index contributed by atoms with van der Waals surface area (Å²) in [5.41, 5.74) is 1.05. The highest BCUT2D eigenvalue weighted by Crippen LogP contribution is 2.27. The predicted molar refractivity (Wildman–Crippen MR) is 90.5 cm³/mol. The van der Waals surface area contributed by atoms with Gasteiger partial charge < -0.3 is 4.90 Å². The number of nitrogens with zero attached hydrogens (tertiary/aromatic N) is 3. The molecule has 1 atom stereocenters. The molecule has 6 nitrogen and oxygen atoms in total. The van der Waals surface area contributed by atoms with E-state index in [1.165, 1.54) is 11.1 Å². The van der Waals surface area contributed by atoms with Crippen LogP contribution in [0.1, 0.15) is 37.6 Å². The maximum Gasteiger partial charge on any atom is 0.280 e. The number of halogens is 1. The van der Waals surface area contributed by atoms with Crippen molar-refractivity contribution in [2.24, 2.45) is 0 Å². The molecule has 1 aromatic heterocycles. The second-order valence-corrected chi connectivity index (χ2v) is 6.52. The van der Waals surface area contributed by atoms with Gasteiger partial charge in [-0.15, -0.1) is 0 Å². The predicted octanol–water partition coefficient (Wildman–Crippen LogP) is 2.25. The lowest BCUT2D eigenvalue weighted by molar-refractivity contribution is 0.0573. The van der Waals surface area contributed by atoms with Crippen LogP contribution in [0.15, 0.2) is 42.6 Å². The van der Waals surface area contributed by atoms with Gasteiger partial charge in [0.1, 0.15) is 5.69 Å². The maximum atomic E-state index is 12.6.